The van der Waals surface area contributed by atoms with E-state index in [-0.39, 0.29) is 0 Å². The summed E-state index contributed by atoms with van der Waals surface area (Å²) in [4.78, 5) is 0. The molecule has 6 rings (SSSR count). The van der Waals surface area contributed by atoms with Crippen molar-refractivity contribution in [3.63, 3.8) is 0 Å². The summed E-state index contributed by atoms with van der Waals surface area (Å²) in [6.07, 6.45) is 0. The summed E-state index contributed by atoms with van der Waals surface area (Å²) in [5, 5.41) is 8.20. The maximum atomic E-state index is 2.30. The number of benzene rings is 4. The van der Waals surface area contributed by atoms with E-state index in [0.717, 1.165) is 0 Å². The summed E-state index contributed by atoms with van der Waals surface area (Å²) in [6, 6.07) is 26.5. The lowest BCUT2D eigenvalue weighted by atomic mass is 10.1. The van der Waals surface area contributed by atoms with E-state index >= 15 is 0 Å². The van der Waals surface area contributed by atoms with Crippen LogP contribution in [0.1, 0.15) is 0 Å². The van der Waals surface area contributed by atoms with Crippen molar-refractivity contribution in [3.05, 3.63) is 72.8 Å². The lowest BCUT2D eigenvalue weighted by Crippen LogP contribution is -1.71. The Labute approximate surface area is 146 Å². The Kier molecular flexibility index (Phi) is 2.46. The fourth-order valence-electron chi connectivity index (χ4n) is 3.71. The monoisotopic (exact) mass is 340 g/mol. The van der Waals surface area contributed by atoms with Gasteiger partial charge in [0.25, 0.3) is 0 Å². The normalized spacial score (nSPS) is 12.2. The first-order valence-electron chi connectivity index (χ1n) is 8.04. The van der Waals surface area contributed by atoms with Crippen LogP contribution in [-0.4, -0.2) is 0 Å². The minimum atomic E-state index is 1.33. The van der Waals surface area contributed by atoms with Crippen LogP contribution in [0.4, 0.5) is 0 Å². The lowest BCUT2D eigenvalue weighted by molar-refractivity contribution is 1.82. The van der Waals surface area contributed by atoms with Crippen LogP contribution in [0.25, 0.3) is 51.1 Å². The standard InChI is InChI=1S/C22H12S2/c1-3-7-15-13(5-1)9-11-17-19(15)23-22-18-12-10-14-6-2-4-8-16(14)20(18)24-21(17)22/h1-12H. The molecule has 0 unspecified atom stereocenters. The largest absolute Gasteiger partial charge is 0.133 e. The fraction of sp³-hybridized carbons (Fsp3) is 0. The third-order valence-electron chi connectivity index (χ3n) is 4.86. The number of thiophene rings is 2. The molecule has 2 heteroatoms. The molecule has 6 aromatic rings. The quantitative estimate of drug-likeness (QED) is 0.267. The average Bonchev–Trinajstić information content (AvgIpc) is 3.18. The van der Waals surface area contributed by atoms with Crippen molar-refractivity contribution in [1.82, 2.24) is 0 Å². The van der Waals surface area contributed by atoms with Crippen molar-refractivity contribution in [2.24, 2.45) is 0 Å². The molecular formula is C22H12S2. The third-order valence-corrected chi connectivity index (χ3v) is 7.54. The molecule has 0 radical (unpaired) electrons. The van der Waals surface area contributed by atoms with Crippen molar-refractivity contribution >= 4 is 73.8 Å². The van der Waals surface area contributed by atoms with Gasteiger partial charge in [0.1, 0.15) is 0 Å². The molecule has 24 heavy (non-hydrogen) atoms. The van der Waals surface area contributed by atoms with Crippen LogP contribution in [0.2, 0.25) is 0 Å². The van der Waals surface area contributed by atoms with E-state index in [2.05, 4.69) is 72.8 Å². The second kappa shape index (κ2) is 4.56. The van der Waals surface area contributed by atoms with E-state index in [1.165, 1.54) is 51.1 Å². The van der Waals surface area contributed by atoms with E-state index in [1.54, 1.807) is 0 Å². The Hall–Kier alpha value is -2.42. The second-order valence-corrected chi connectivity index (χ2v) is 8.23. The highest BCUT2D eigenvalue weighted by molar-refractivity contribution is 7.37. The highest BCUT2D eigenvalue weighted by atomic mass is 32.1. The Morgan fingerprint density at radius 3 is 1.33 bits per heavy atom. The van der Waals surface area contributed by atoms with Gasteiger partial charge in [0.15, 0.2) is 0 Å². The summed E-state index contributed by atoms with van der Waals surface area (Å²) in [6.45, 7) is 0. The predicted molar refractivity (Wildman–Crippen MR) is 110 cm³/mol. The lowest BCUT2D eigenvalue weighted by Gasteiger charge is -2.00. The molecule has 0 aliphatic carbocycles. The molecule has 0 saturated heterocycles. The first kappa shape index (κ1) is 12.9. The summed E-state index contributed by atoms with van der Waals surface area (Å²) < 4.78 is 5.72. The first-order valence-corrected chi connectivity index (χ1v) is 9.68. The van der Waals surface area contributed by atoms with Crippen LogP contribution in [0, 0.1) is 0 Å². The van der Waals surface area contributed by atoms with Crippen molar-refractivity contribution in [2.75, 3.05) is 0 Å². The number of hydrogen-bond acceptors (Lipinski definition) is 2. The van der Waals surface area contributed by atoms with Gasteiger partial charge in [-0.2, -0.15) is 0 Å². The summed E-state index contributed by atoms with van der Waals surface area (Å²) in [5.41, 5.74) is 0. The third kappa shape index (κ3) is 1.57. The molecule has 4 aromatic carbocycles. The van der Waals surface area contributed by atoms with Crippen molar-refractivity contribution in [3.8, 4) is 0 Å². The van der Waals surface area contributed by atoms with Crippen LogP contribution in [0.5, 0.6) is 0 Å². The highest BCUT2D eigenvalue weighted by Crippen LogP contribution is 2.47. The smallest absolute Gasteiger partial charge is 0.0542 e. The molecule has 0 fully saturated rings. The van der Waals surface area contributed by atoms with Gasteiger partial charge in [-0.3, -0.25) is 0 Å². The van der Waals surface area contributed by atoms with Gasteiger partial charge in [-0.1, -0.05) is 72.8 Å². The Morgan fingerprint density at radius 1 is 0.375 bits per heavy atom. The number of rotatable bonds is 0. The zero-order chi connectivity index (χ0) is 15.7. The molecule has 0 bridgehead atoms. The van der Waals surface area contributed by atoms with E-state index in [0.29, 0.717) is 0 Å². The Balaban J connectivity index is 1.86. The molecule has 0 atom stereocenters. The van der Waals surface area contributed by atoms with Crippen molar-refractivity contribution in [2.45, 2.75) is 0 Å². The molecule has 0 nitrogen and oxygen atoms in total. The van der Waals surface area contributed by atoms with E-state index < -0.39 is 0 Å². The highest BCUT2D eigenvalue weighted by Gasteiger charge is 2.15. The first-order chi connectivity index (χ1) is 11.9. The van der Waals surface area contributed by atoms with E-state index in [9.17, 15) is 0 Å². The molecule has 0 amide bonds. The van der Waals surface area contributed by atoms with Gasteiger partial charge in [-0.05, 0) is 21.5 Å². The average molecular weight is 340 g/mol. The van der Waals surface area contributed by atoms with Gasteiger partial charge in [-0.15, -0.1) is 22.7 Å². The SMILES string of the molecule is c1ccc2c(c1)ccc1c2sc2c3ccc4ccccc4c3sc12. The molecule has 0 aliphatic rings. The summed E-state index contributed by atoms with van der Waals surface area (Å²) in [5.74, 6) is 0. The predicted octanol–water partition coefficient (Wildman–Crippen LogP) is 7.58. The van der Waals surface area contributed by atoms with Gasteiger partial charge in [0, 0.05) is 20.2 Å². The van der Waals surface area contributed by atoms with E-state index in [4.69, 9.17) is 0 Å². The van der Waals surface area contributed by atoms with Crippen molar-refractivity contribution < 1.29 is 0 Å². The molecular weight excluding hydrogens is 328 g/mol. The zero-order valence-electron chi connectivity index (χ0n) is 12.7. The molecule has 112 valence electrons. The fourth-order valence-corrected chi connectivity index (χ4v) is 6.62. The van der Waals surface area contributed by atoms with Gasteiger partial charge in [0.05, 0.1) is 9.40 Å². The van der Waals surface area contributed by atoms with Crippen LogP contribution in [-0.2, 0) is 0 Å². The van der Waals surface area contributed by atoms with Crippen LogP contribution in [0.15, 0.2) is 72.8 Å². The number of fused-ring (bicyclic) bond motifs is 9. The molecule has 0 spiro atoms. The minimum Gasteiger partial charge on any atom is -0.133 e. The molecule has 0 aliphatic heterocycles. The van der Waals surface area contributed by atoms with Gasteiger partial charge < -0.3 is 0 Å². The molecule has 2 aromatic heterocycles. The Morgan fingerprint density at radius 2 is 0.833 bits per heavy atom. The second-order valence-electron chi connectivity index (χ2n) is 6.19. The summed E-state index contributed by atoms with van der Waals surface area (Å²) >= 11 is 3.89. The van der Waals surface area contributed by atoms with E-state index in [1.807, 2.05) is 22.7 Å². The topological polar surface area (TPSA) is 0 Å². The molecule has 2 heterocycles. The number of hydrogen-bond donors (Lipinski definition) is 0. The van der Waals surface area contributed by atoms with Gasteiger partial charge in [-0.25, -0.2) is 0 Å². The molecule has 0 saturated carbocycles. The maximum Gasteiger partial charge on any atom is 0.0542 e. The maximum absolute atomic E-state index is 2.30. The zero-order valence-corrected chi connectivity index (χ0v) is 14.4. The van der Waals surface area contributed by atoms with Gasteiger partial charge in [0.2, 0.25) is 0 Å². The van der Waals surface area contributed by atoms with Gasteiger partial charge >= 0.3 is 0 Å². The van der Waals surface area contributed by atoms with Crippen LogP contribution >= 0.6 is 22.7 Å². The van der Waals surface area contributed by atoms with Crippen molar-refractivity contribution in [1.29, 1.82) is 0 Å². The molecule has 0 N–H and O–H groups in total. The van der Waals surface area contributed by atoms with Crippen LogP contribution < -0.4 is 0 Å². The summed E-state index contributed by atoms with van der Waals surface area (Å²) in [7, 11) is 0. The van der Waals surface area contributed by atoms with Crippen LogP contribution in [0.3, 0.4) is 0 Å². The Bertz CT molecular complexity index is 1290. The minimum absolute atomic E-state index is 1.33.